The zero-order valence-electron chi connectivity index (χ0n) is 6.37. The molecule has 0 saturated carbocycles. The molecule has 1 aromatic carbocycles. The van der Waals surface area contributed by atoms with E-state index in [1.807, 2.05) is 6.07 Å². The molecule has 0 saturated heterocycles. The van der Waals surface area contributed by atoms with Gasteiger partial charge in [-0.15, -0.1) is 11.6 Å². The first-order valence-corrected chi connectivity index (χ1v) is 3.45. The van der Waals surface area contributed by atoms with Crippen LogP contribution < -0.4 is 0 Å². The maximum Gasteiger partial charge on any atom is 0.0925 e. The Bertz CT molecular complexity index is 213. The predicted octanol–water partition coefficient (Wildman–Crippen LogP) is 1.96. The van der Waals surface area contributed by atoms with Crippen molar-refractivity contribution in [1.82, 2.24) is 0 Å². The molecule has 0 fully saturated rings. The summed E-state index contributed by atoms with van der Waals surface area (Å²) in [5.74, 6) is -0.989. The summed E-state index contributed by atoms with van der Waals surface area (Å²) < 4.78 is 7.04. The van der Waals surface area contributed by atoms with Crippen LogP contribution in [0.3, 0.4) is 0 Å². The zero-order valence-corrected chi connectivity index (χ0v) is 6.12. The Hall–Kier alpha value is -0.530. The number of hydrogen-bond donors (Lipinski definition) is 1. The molecule has 10 heavy (non-hydrogen) atoms. The van der Waals surface area contributed by atoms with Crippen molar-refractivity contribution < 1.29 is 6.48 Å². The van der Waals surface area contributed by atoms with Crippen LogP contribution in [0.1, 0.15) is 13.0 Å². The Balaban J connectivity index is 2.77. The van der Waals surface area contributed by atoms with E-state index in [9.17, 15) is 5.11 Å². The standard InChI is InChI=1S/C8H9ClO/c9-6-8(10)7-4-2-1-3-5-7/h1-5,8,10H,6H2/t8-/m0/s1/i6D/t6-,8+/m1. The van der Waals surface area contributed by atoms with Gasteiger partial charge in [-0.25, -0.2) is 0 Å². The van der Waals surface area contributed by atoms with E-state index in [4.69, 9.17) is 13.0 Å². The summed E-state index contributed by atoms with van der Waals surface area (Å²) in [6.45, 7) is 0. The van der Waals surface area contributed by atoms with E-state index in [1.54, 1.807) is 24.3 Å². The van der Waals surface area contributed by atoms with Gasteiger partial charge in [-0.1, -0.05) is 30.3 Å². The lowest BCUT2D eigenvalue weighted by atomic mass is 10.1. The van der Waals surface area contributed by atoms with Crippen molar-refractivity contribution in [2.24, 2.45) is 0 Å². The fourth-order valence-electron chi connectivity index (χ4n) is 0.723. The zero-order chi connectivity index (χ0) is 8.27. The highest BCUT2D eigenvalue weighted by Crippen LogP contribution is 2.12. The van der Waals surface area contributed by atoms with Gasteiger partial charge in [0.2, 0.25) is 0 Å². The van der Waals surface area contributed by atoms with Crippen LogP contribution in [0.4, 0.5) is 0 Å². The quantitative estimate of drug-likeness (QED) is 0.651. The number of halogens is 1. The van der Waals surface area contributed by atoms with Crippen LogP contribution in [0.15, 0.2) is 30.3 Å². The van der Waals surface area contributed by atoms with E-state index < -0.39 is 12.0 Å². The molecule has 1 aromatic rings. The number of alkyl halides is 1. The van der Waals surface area contributed by atoms with Crippen molar-refractivity contribution in [2.45, 2.75) is 6.10 Å². The van der Waals surface area contributed by atoms with Gasteiger partial charge >= 0.3 is 0 Å². The summed E-state index contributed by atoms with van der Waals surface area (Å²) in [4.78, 5) is 0. The Morgan fingerprint density at radius 2 is 2.10 bits per heavy atom. The number of rotatable bonds is 2. The highest BCUT2D eigenvalue weighted by atomic mass is 35.5. The van der Waals surface area contributed by atoms with Gasteiger partial charge in [0.25, 0.3) is 0 Å². The normalized spacial score (nSPS) is 17.6. The van der Waals surface area contributed by atoms with Crippen LogP contribution in [0.5, 0.6) is 0 Å². The molecule has 0 radical (unpaired) electrons. The molecule has 0 aliphatic heterocycles. The third kappa shape index (κ3) is 1.72. The third-order valence-electron chi connectivity index (χ3n) is 1.26. The van der Waals surface area contributed by atoms with Crippen molar-refractivity contribution in [3.63, 3.8) is 0 Å². The van der Waals surface area contributed by atoms with E-state index in [0.29, 0.717) is 5.56 Å². The first-order valence-electron chi connectivity index (χ1n) is 3.59. The van der Waals surface area contributed by atoms with Crippen molar-refractivity contribution in [2.75, 3.05) is 5.86 Å². The van der Waals surface area contributed by atoms with Crippen LogP contribution in [-0.2, 0) is 0 Å². The first kappa shape index (κ1) is 6.20. The van der Waals surface area contributed by atoms with Gasteiger partial charge in [-0.2, -0.15) is 0 Å². The van der Waals surface area contributed by atoms with Crippen LogP contribution in [0.25, 0.3) is 0 Å². The first-order chi connectivity index (χ1) is 5.22. The van der Waals surface area contributed by atoms with Gasteiger partial charge in [-0.3, -0.25) is 0 Å². The topological polar surface area (TPSA) is 20.2 Å². The molecule has 54 valence electrons. The lowest BCUT2D eigenvalue weighted by Gasteiger charge is -2.04. The minimum atomic E-state index is -0.989. The van der Waals surface area contributed by atoms with E-state index in [0.717, 1.165) is 0 Å². The Morgan fingerprint density at radius 1 is 1.50 bits per heavy atom. The average molecular weight is 158 g/mol. The third-order valence-corrected chi connectivity index (χ3v) is 1.50. The molecule has 0 heterocycles. The highest BCUT2D eigenvalue weighted by Gasteiger charge is 2.02. The molecule has 0 amide bonds. The molecule has 2 heteroatoms. The minimum absolute atomic E-state index is 0.683. The molecule has 0 aromatic heterocycles. The minimum Gasteiger partial charge on any atom is -0.387 e. The Kier molecular flexibility index (Phi) is 2.23. The van der Waals surface area contributed by atoms with Crippen LogP contribution >= 0.6 is 11.6 Å². The van der Waals surface area contributed by atoms with Crippen LogP contribution in [-0.4, -0.2) is 11.0 Å². The number of benzene rings is 1. The van der Waals surface area contributed by atoms with Gasteiger partial charge in [0.15, 0.2) is 0 Å². The Labute approximate surface area is 66.7 Å². The van der Waals surface area contributed by atoms with Gasteiger partial charge in [0.05, 0.1) is 12.0 Å². The molecule has 0 spiro atoms. The number of aliphatic hydroxyl groups is 1. The van der Waals surface area contributed by atoms with E-state index >= 15 is 0 Å². The second-order valence-corrected chi connectivity index (χ2v) is 2.23. The van der Waals surface area contributed by atoms with Gasteiger partial charge in [0, 0.05) is 1.37 Å². The maximum absolute atomic E-state index is 9.28. The second kappa shape index (κ2) is 3.59. The van der Waals surface area contributed by atoms with Crippen molar-refractivity contribution in [3.8, 4) is 0 Å². The fraction of sp³-hybridized carbons (Fsp3) is 0.250. The summed E-state index contributed by atoms with van der Waals surface area (Å²) in [5.41, 5.74) is 0.683. The smallest absolute Gasteiger partial charge is 0.0925 e. The van der Waals surface area contributed by atoms with Gasteiger partial charge in [0.1, 0.15) is 0 Å². The molecule has 1 rings (SSSR count). The monoisotopic (exact) mass is 157 g/mol. The summed E-state index contributed by atoms with van der Waals surface area (Å²) in [6.07, 6.45) is -0.891. The molecular weight excluding hydrogens is 148 g/mol. The molecule has 1 N–H and O–H groups in total. The SMILES string of the molecule is [2H][C@@H](Cl)[C@H](O)c1ccccc1. The Morgan fingerprint density at radius 3 is 2.60 bits per heavy atom. The van der Waals surface area contributed by atoms with E-state index in [1.165, 1.54) is 0 Å². The second-order valence-electron chi connectivity index (χ2n) is 1.98. The van der Waals surface area contributed by atoms with Crippen molar-refractivity contribution in [1.29, 1.82) is 0 Å². The predicted molar refractivity (Wildman–Crippen MR) is 42.1 cm³/mol. The maximum atomic E-state index is 9.28. The van der Waals surface area contributed by atoms with Crippen LogP contribution in [0, 0.1) is 0 Å². The molecular formula is C8H9ClO. The van der Waals surface area contributed by atoms with Crippen LogP contribution in [0.2, 0.25) is 0 Å². The lowest BCUT2D eigenvalue weighted by Crippen LogP contribution is -1.96. The van der Waals surface area contributed by atoms with Crippen molar-refractivity contribution in [3.05, 3.63) is 35.9 Å². The number of hydrogen-bond acceptors (Lipinski definition) is 1. The van der Waals surface area contributed by atoms with Gasteiger partial charge < -0.3 is 5.11 Å². The average Bonchev–Trinajstić information content (AvgIpc) is 2.05. The molecule has 0 aliphatic rings. The summed E-state index contributed by atoms with van der Waals surface area (Å²) in [5, 5.41) is 9.28. The van der Waals surface area contributed by atoms with Crippen molar-refractivity contribution >= 4 is 11.6 Å². The molecule has 0 bridgehead atoms. The summed E-state index contributed by atoms with van der Waals surface area (Å²) in [6, 6.07) is 8.95. The van der Waals surface area contributed by atoms with E-state index in [2.05, 4.69) is 0 Å². The molecule has 1 nitrogen and oxygen atoms in total. The largest absolute Gasteiger partial charge is 0.387 e. The number of aliphatic hydroxyl groups excluding tert-OH is 1. The fourth-order valence-corrected chi connectivity index (χ4v) is 0.868. The summed E-state index contributed by atoms with van der Waals surface area (Å²) in [7, 11) is 0. The highest BCUT2D eigenvalue weighted by molar-refractivity contribution is 6.18. The lowest BCUT2D eigenvalue weighted by molar-refractivity contribution is 0.202. The molecule has 2 atom stereocenters. The molecule has 0 unspecified atom stereocenters. The summed E-state index contributed by atoms with van der Waals surface area (Å²) >= 11 is 5.38. The molecule has 0 aliphatic carbocycles. The van der Waals surface area contributed by atoms with E-state index in [-0.39, 0.29) is 0 Å². The van der Waals surface area contributed by atoms with Gasteiger partial charge in [-0.05, 0) is 5.56 Å².